The molecule has 0 radical (unpaired) electrons. The van der Waals surface area contributed by atoms with Gasteiger partial charge in [-0.2, -0.15) is 0 Å². The lowest BCUT2D eigenvalue weighted by Gasteiger charge is -2.18. The van der Waals surface area contributed by atoms with Crippen LogP contribution < -0.4 is 5.32 Å². The summed E-state index contributed by atoms with van der Waals surface area (Å²) in [6.45, 7) is 6.19. The summed E-state index contributed by atoms with van der Waals surface area (Å²) in [5.74, 6) is 0.935. The monoisotopic (exact) mass is 227 g/mol. The molecule has 0 aliphatic carbocycles. The number of carbonyl (C=O) groups excluding carboxylic acids is 1. The summed E-state index contributed by atoms with van der Waals surface area (Å²) in [4.78, 5) is 18.5. The minimum absolute atomic E-state index is 0.179. The average Bonchev–Trinajstić information content (AvgIpc) is 2.18. The molecule has 1 N–H and O–H groups in total. The molecule has 1 heterocycles. The van der Waals surface area contributed by atoms with Crippen LogP contribution in [0.1, 0.15) is 31.1 Å². The van der Waals surface area contributed by atoms with Gasteiger partial charge in [0, 0.05) is 6.04 Å². The number of aldehydes is 1. The number of anilines is 1. The molecule has 5 heteroatoms. The Morgan fingerprint density at radius 3 is 2.60 bits per heavy atom. The first-order valence-corrected chi connectivity index (χ1v) is 5.16. The fourth-order valence-electron chi connectivity index (χ4n) is 0.976. The van der Waals surface area contributed by atoms with Crippen LogP contribution in [0.5, 0.6) is 0 Å². The lowest BCUT2D eigenvalue weighted by atomic mass is 10.1. The van der Waals surface area contributed by atoms with E-state index in [-0.39, 0.29) is 11.2 Å². The number of nitrogens with zero attached hydrogens (tertiary/aromatic N) is 2. The Hall–Kier alpha value is -1.16. The zero-order valence-electron chi connectivity index (χ0n) is 8.99. The molecule has 82 valence electrons. The second-order valence-electron chi connectivity index (χ2n) is 3.72. The molecular formula is C10H14ClN3O. The molecule has 0 aromatic carbocycles. The van der Waals surface area contributed by atoms with Crippen molar-refractivity contribution in [3.05, 3.63) is 17.0 Å². The third-order valence-electron chi connectivity index (χ3n) is 2.32. The van der Waals surface area contributed by atoms with Crippen molar-refractivity contribution >= 4 is 23.7 Å². The van der Waals surface area contributed by atoms with Gasteiger partial charge in [0.15, 0.2) is 6.29 Å². The maximum absolute atomic E-state index is 10.8. The summed E-state index contributed by atoms with van der Waals surface area (Å²) in [5, 5.41) is 3.31. The molecular weight excluding hydrogens is 214 g/mol. The van der Waals surface area contributed by atoms with Gasteiger partial charge in [0.1, 0.15) is 17.3 Å². The fraction of sp³-hybridized carbons (Fsp3) is 0.500. The second-order valence-corrected chi connectivity index (χ2v) is 4.08. The molecule has 0 aliphatic heterocycles. The lowest BCUT2D eigenvalue weighted by molar-refractivity contribution is 0.112. The van der Waals surface area contributed by atoms with Crippen LogP contribution in [0.15, 0.2) is 6.33 Å². The van der Waals surface area contributed by atoms with Crippen molar-refractivity contribution in [3.63, 3.8) is 0 Å². The summed E-state index contributed by atoms with van der Waals surface area (Å²) >= 11 is 5.77. The standard InChI is InChI=1S/C10H14ClN3O/c1-6(2)7(3)14-10-8(4-15)9(11)12-5-13-10/h4-7H,1-3H3,(H,12,13,14). The molecule has 1 rings (SSSR count). The van der Waals surface area contributed by atoms with Crippen molar-refractivity contribution in [1.82, 2.24) is 9.97 Å². The van der Waals surface area contributed by atoms with Gasteiger partial charge in [-0.05, 0) is 12.8 Å². The zero-order valence-corrected chi connectivity index (χ0v) is 9.75. The highest BCUT2D eigenvalue weighted by Crippen LogP contribution is 2.19. The maximum Gasteiger partial charge on any atom is 0.156 e. The smallest absolute Gasteiger partial charge is 0.156 e. The molecule has 0 fully saturated rings. The highest BCUT2D eigenvalue weighted by molar-refractivity contribution is 6.32. The third-order valence-corrected chi connectivity index (χ3v) is 2.62. The van der Waals surface area contributed by atoms with E-state index in [0.29, 0.717) is 23.6 Å². The first-order chi connectivity index (χ1) is 7.06. The number of rotatable bonds is 4. The highest BCUT2D eigenvalue weighted by Gasteiger charge is 2.13. The van der Waals surface area contributed by atoms with E-state index < -0.39 is 0 Å². The van der Waals surface area contributed by atoms with Gasteiger partial charge < -0.3 is 5.32 Å². The number of hydrogen-bond acceptors (Lipinski definition) is 4. The Kier molecular flexibility index (Phi) is 4.03. The quantitative estimate of drug-likeness (QED) is 0.634. The molecule has 0 saturated heterocycles. The second kappa shape index (κ2) is 5.07. The van der Waals surface area contributed by atoms with Gasteiger partial charge >= 0.3 is 0 Å². The topological polar surface area (TPSA) is 54.9 Å². The van der Waals surface area contributed by atoms with Crippen molar-refractivity contribution in [2.45, 2.75) is 26.8 Å². The number of carbonyl (C=O) groups is 1. The van der Waals surface area contributed by atoms with E-state index in [1.54, 1.807) is 0 Å². The highest BCUT2D eigenvalue weighted by atomic mass is 35.5. The van der Waals surface area contributed by atoms with Crippen LogP contribution in [-0.4, -0.2) is 22.3 Å². The summed E-state index contributed by atoms with van der Waals surface area (Å²) < 4.78 is 0. The van der Waals surface area contributed by atoms with E-state index in [2.05, 4.69) is 29.1 Å². The van der Waals surface area contributed by atoms with Crippen LogP contribution in [-0.2, 0) is 0 Å². The Morgan fingerprint density at radius 2 is 2.07 bits per heavy atom. The molecule has 15 heavy (non-hydrogen) atoms. The van der Waals surface area contributed by atoms with E-state index in [1.165, 1.54) is 6.33 Å². The number of nitrogens with one attached hydrogen (secondary N) is 1. The van der Waals surface area contributed by atoms with Crippen LogP contribution >= 0.6 is 11.6 Å². The van der Waals surface area contributed by atoms with Crippen LogP contribution in [0.25, 0.3) is 0 Å². The van der Waals surface area contributed by atoms with Gasteiger partial charge in [0.25, 0.3) is 0 Å². The third kappa shape index (κ3) is 2.89. The van der Waals surface area contributed by atoms with E-state index in [9.17, 15) is 4.79 Å². The number of halogens is 1. The minimum atomic E-state index is 0.179. The van der Waals surface area contributed by atoms with Crippen LogP contribution in [0.2, 0.25) is 5.15 Å². The fourth-order valence-corrected chi connectivity index (χ4v) is 1.15. The molecule has 0 amide bonds. The van der Waals surface area contributed by atoms with Crippen LogP contribution in [0.3, 0.4) is 0 Å². The predicted molar refractivity (Wildman–Crippen MR) is 60.4 cm³/mol. The molecule has 1 aromatic heterocycles. The summed E-state index contributed by atoms with van der Waals surface area (Å²) in [6.07, 6.45) is 2.00. The van der Waals surface area contributed by atoms with Gasteiger partial charge in [-0.25, -0.2) is 9.97 Å². The summed E-state index contributed by atoms with van der Waals surface area (Å²) in [6, 6.07) is 0.217. The largest absolute Gasteiger partial charge is 0.367 e. The Bertz CT molecular complexity index is 355. The Morgan fingerprint density at radius 1 is 1.40 bits per heavy atom. The molecule has 0 saturated carbocycles. The normalized spacial score (nSPS) is 12.6. The van der Waals surface area contributed by atoms with Crippen molar-refractivity contribution < 1.29 is 4.79 Å². The van der Waals surface area contributed by atoms with Gasteiger partial charge in [0.2, 0.25) is 0 Å². The molecule has 1 unspecified atom stereocenters. The summed E-state index contributed by atoms with van der Waals surface area (Å²) in [7, 11) is 0. The Labute approximate surface area is 94.1 Å². The first kappa shape index (κ1) is 11.9. The SMILES string of the molecule is CC(C)C(C)Nc1ncnc(Cl)c1C=O. The molecule has 4 nitrogen and oxygen atoms in total. The van der Waals surface area contributed by atoms with Crippen molar-refractivity contribution in [2.24, 2.45) is 5.92 Å². The lowest BCUT2D eigenvalue weighted by Crippen LogP contribution is -2.23. The van der Waals surface area contributed by atoms with E-state index in [4.69, 9.17) is 11.6 Å². The van der Waals surface area contributed by atoms with E-state index >= 15 is 0 Å². The zero-order chi connectivity index (χ0) is 11.4. The minimum Gasteiger partial charge on any atom is -0.367 e. The van der Waals surface area contributed by atoms with Gasteiger partial charge in [-0.15, -0.1) is 0 Å². The number of aromatic nitrogens is 2. The van der Waals surface area contributed by atoms with Gasteiger partial charge in [0.05, 0.1) is 5.56 Å². The molecule has 0 aliphatic rings. The maximum atomic E-state index is 10.8. The molecule has 1 atom stereocenters. The van der Waals surface area contributed by atoms with Crippen LogP contribution in [0.4, 0.5) is 5.82 Å². The molecule has 1 aromatic rings. The van der Waals surface area contributed by atoms with Crippen molar-refractivity contribution in [3.8, 4) is 0 Å². The predicted octanol–water partition coefficient (Wildman–Crippen LogP) is 2.40. The average molecular weight is 228 g/mol. The van der Waals surface area contributed by atoms with E-state index in [0.717, 1.165) is 0 Å². The van der Waals surface area contributed by atoms with E-state index in [1.807, 2.05) is 6.92 Å². The van der Waals surface area contributed by atoms with Gasteiger partial charge in [-0.1, -0.05) is 25.4 Å². The van der Waals surface area contributed by atoms with Crippen LogP contribution in [0, 0.1) is 5.92 Å². The van der Waals surface area contributed by atoms with Crippen molar-refractivity contribution in [2.75, 3.05) is 5.32 Å². The van der Waals surface area contributed by atoms with Crippen molar-refractivity contribution in [1.29, 1.82) is 0 Å². The van der Waals surface area contributed by atoms with Gasteiger partial charge in [-0.3, -0.25) is 4.79 Å². The Balaban J connectivity index is 2.94. The number of hydrogen-bond donors (Lipinski definition) is 1. The summed E-state index contributed by atoms with van der Waals surface area (Å²) in [5.41, 5.74) is 0.312. The molecule has 0 spiro atoms. The molecule has 0 bridgehead atoms. The first-order valence-electron chi connectivity index (χ1n) is 4.78.